The molecule has 210 valence electrons. The number of hydrogen-bond acceptors (Lipinski definition) is 7. The van der Waals surface area contributed by atoms with Gasteiger partial charge in [-0.15, -0.1) is 0 Å². The van der Waals surface area contributed by atoms with Gasteiger partial charge in [0, 0.05) is 23.9 Å². The van der Waals surface area contributed by atoms with Gasteiger partial charge in [0.15, 0.2) is 0 Å². The van der Waals surface area contributed by atoms with E-state index in [9.17, 15) is 18.0 Å². The maximum Gasteiger partial charge on any atom is 0.490 e. The molecule has 2 aromatic carbocycles. The van der Waals surface area contributed by atoms with E-state index < -0.39 is 12.1 Å². The molecule has 0 saturated heterocycles. The van der Waals surface area contributed by atoms with Crippen LogP contribution in [0.1, 0.15) is 41.5 Å². The summed E-state index contributed by atoms with van der Waals surface area (Å²) in [5, 5.41) is 10.1. The van der Waals surface area contributed by atoms with Gasteiger partial charge in [0.25, 0.3) is 5.91 Å². The molecule has 5 rings (SSSR count). The van der Waals surface area contributed by atoms with Crippen LogP contribution < -0.4 is 15.8 Å². The average molecular weight is 557 g/mol. The van der Waals surface area contributed by atoms with Crippen molar-refractivity contribution in [1.82, 2.24) is 25.3 Å². The van der Waals surface area contributed by atoms with Crippen LogP contribution in [0.4, 0.5) is 19.1 Å². The topological polar surface area (TPSA) is 156 Å². The van der Waals surface area contributed by atoms with Crippen LogP contribution in [-0.4, -0.2) is 56.2 Å². The van der Waals surface area contributed by atoms with E-state index >= 15 is 0 Å². The highest BCUT2D eigenvalue weighted by atomic mass is 19.4. The third-order valence-corrected chi connectivity index (χ3v) is 6.00. The van der Waals surface area contributed by atoms with E-state index in [1.54, 1.807) is 6.20 Å². The van der Waals surface area contributed by atoms with Crippen LogP contribution in [0.3, 0.4) is 0 Å². The first-order chi connectivity index (χ1) is 18.9. The highest BCUT2D eigenvalue weighted by molar-refractivity contribution is 5.94. The van der Waals surface area contributed by atoms with Crippen LogP contribution in [0.25, 0.3) is 22.3 Å². The van der Waals surface area contributed by atoms with E-state index in [4.69, 9.17) is 25.4 Å². The van der Waals surface area contributed by atoms with Gasteiger partial charge >= 0.3 is 12.1 Å². The van der Waals surface area contributed by atoms with Gasteiger partial charge in [-0.1, -0.05) is 19.9 Å². The SMILES string of the molecule is CC(C)CNC(=O)c1ccc2c(c1)CC(c1nc3ccc(-c4ccnc(N)n4)cc3[nH]1)CO2.O=C(O)C(F)(F)F. The third-order valence-electron chi connectivity index (χ3n) is 6.00. The number of nitrogens with one attached hydrogen (secondary N) is 2. The molecule has 1 amide bonds. The number of halogens is 3. The zero-order chi connectivity index (χ0) is 29.0. The Balaban J connectivity index is 0.000000470. The minimum Gasteiger partial charge on any atom is -0.493 e. The van der Waals surface area contributed by atoms with Crippen molar-refractivity contribution in [2.45, 2.75) is 32.4 Å². The molecule has 10 nitrogen and oxygen atoms in total. The zero-order valence-electron chi connectivity index (χ0n) is 21.6. The molecule has 0 aliphatic carbocycles. The lowest BCUT2D eigenvalue weighted by Gasteiger charge is -2.24. The number of nitrogen functional groups attached to an aromatic ring is 1. The molecule has 1 aliphatic heterocycles. The number of nitrogens with two attached hydrogens (primary N) is 1. The lowest BCUT2D eigenvalue weighted by Crippen LogP contribution is -2.28. The number of aromatic nitrogens is 4. The van der Waals surface area contributed by atoms with Gasteiger partial charge in [0.1, 0.15) is 11.6 Å². The summed E-state index contributed by atoms with van der Waals surface area (Å²) >= 11 is 0. The number of benzene rings is 2. The van der Waals surface area contributed by atoms with E-state index in [-0.39, 0.29) is 17.8 Å². The fourth-order valence-corrected chi connectivity index (χ4v) is 4.03. The molecule has 1 unspecified atom stereocenters. The van der Waals surface area contributed by atoms with Crippen molar-refractivity contribution in [3.8, 4) is 17.0 Å². The first kappa shape index (κ1) is 28.3. The van der Waals surface area contributed by atoms with Crippen LogP contribution in [0.5, 0.6) is 5.75 Å². The minimum atomic E-state index is -5.08. The molecule has 0 bridgehead atoms. The Morgan fingerprint density at radius 1 is 1.18 bits per heavy atom. The van der Waals surface area contributed by atoms with Gasteiger partial charge in [-0.2, -0.15) is 13.2 Å². The molecule has 5 N–H and O–H groups in total. The maximum absolute atomic E-state index is 12.5. The number of alkyl halides is 3. The second-order valence-corrected chi connectivity index (χ2v) is 9.60. The Morgan fingerprint density at radius 3 is 2.60 bits per heavy atom. The van der Waals surface area contributed by atoms with Gasteiger partial charge in [-0.05, 0) is 54.3 Å². The predicted octanol–water partition coefficient (Wildman–Crippen LogP) is 4.34. The molecule has 0 fully saturated rings. The highest BCUT2D eigenvalue weighted by Gasteiger charge is 2.38. The monoisotopic (exact) mass is 556 g/mol. The minimum absolute atomic E-state index is 0.0600. The number of H-pyrrole nitrogens is 1. The fourth-order valence-electron chi connectivity index (χ4n) is 4.03. The van der Waals surface area contributed by atoms with Crippen molar-refractivity contribution in [3.05, 3.63) is 65.6 Å². The van der Waals surface area contributed by atoms with E-state index in [2.05, 4.69) is 34.1 Å². The van der Waals surface area contributed by atoms with Crippen molar-refractivity contribution in [1.29, 1.82) is 0 Å². The molecule has 1 atom stereocenters. The van der Waals surface area contributed by atoms with Crippen molar-refractivity contribution in [3.63, 3.8) is 0 Å². The summed E-state index contributed by atoms with van der Waals surface area (Å²) in [5.41, 5.74) is 10.9. The summed E-state index contributed by atoms with van der Waals surface area (Å²) < 4.78 is 37.7. The number of carbonyl (C=O) groups excluding carboxylic acids is 1. The summed E-state index contributed by atoms with van der Waals surface area (Å²) in [6.45, 7) is 5.33. The predicted molar refractivity (Wildman–Crippen MR) is 141 cm³/mol. The number of anilines is 1. The first-order valence-electron chi connectivity index (χ1n) is 12.3. The summed E-state index contributed by atoms with van der Waals surface area (Å²) in [4.78, 5) is 37.9. The number of ether oxygens (including phenoxy) is 1. The number of nitrogens with zero attached hydrogens (tertiary/aromatic N) is 3. The molecule has 0 radical (unpaired) electrons. The van der Waals surface area contributed by atoms with Crippen LogP contribution in [-0.2, 0) is 11.2 Å². The molecule has 0 spiro atoms. The largest absolute Gasteiger partial charge is 0.493 e. The van der Waals surface area contributed by atoms with E-state index in [1.807, 2.05) is 42.5 Å². The molecule has 0 saturated carbocycles. The number of amides is 1. The number of aliphatic carboxylic acids is 1. The van der Waals surface area contributed by atoms with E-state index in [1.165, 1.54) is 0 Å². The quantitative estimate of drug-likeness (QED) is 0.283. The lowest BCUT2D eigenvalue weighted by molar-refractivity contribution is -0.192. The summed E-state index contributed by atoms with van der Waals surface area (Å²) in [5.74, 6) is -0.413. The van der Waals surface area contributed by atoms with Gasteiger partial charge in [-0.3, -0.25) is 4.79 Å². The molecule has 4 aromatic rings. The first-order valence-corrected chi connectivity index (χ1v) is 12.3. The number of carboxylic acid groups (broad SMARTS) is 1. The lowest BCUT2D eigenvalue weighted by atomic mass is 9.94. The van der Waals surface area contributed by atoms with Crippen LogP contribution in [0.2, 0.25) is 0 Å². The number of aromatic amines is 1. The number of fused-ring (bicyclic) bond motifs is 2. The van der Waals surface area contributed by atoms with Gasteiger partial charge < -0.3 is 25.9 Å². The zero-order valence-corrected chi connectivity index (χ0v) is 21.6. The number of carbonyl (C=O) groups is 2. The Hall–Kier alpha value is -4.68. The number of imidazole rings is 1. The second kappa shape index (κ2) is 11.6. The normalized spacial score (nSPS) is 14.6. The summed E-state index contributed by atoms with van der Waals surface area (Å²) in [6, 6.07) is 13.4. The van der Waals surface area contributed by atoms with Gasteiger partial charge in [-0.25, -0.2) is 19.7 Å². The van der Waals surface area contributed by atoms with Crippen molar-refractivity contribution in [2.75, 3.05) is 18.9 Å². The Morgan fingerprint density at radius 2 is 1.93 bits per heavy atom. The van der Waals surface area contributed by atoms with Crippen molar-refractivity contribution in [2.24, 2.45) is 5.92 Å². The molecule has 13 heteroatoms. The molecular formula is C27H27F3N6O4. The summed E-state index contributed by atoms with van der Waals surface area (Å²) in [7, 11) is 0. The van der Waals surface area contributed by atoms with E-state index in [0.717, 1.165) is 45.8 Å². The Bertz CT molecular complexity index is 1540. The van der Waals surface area contributed by atoms with Crippen LogP contribution >= 0.6 is 0 Å². The van der Waals surface area contributed by atoms with E-state index in [0.29, 0.717) is 24.6 Å². The Labute approximate surface area is 226 Å². The number of hydrogen-bond donors (Lipinski definition) is 4. The molecular weight excluding hydrogens is 529 g/mol. The van der Waals surface area contributed by atoms with Crippen LogP contribution in [0.15, 0.2) is 48.7 Å². The molecule has 3 heterocycles. The van der Waals surface area contributed by atoms with Gasteiger partial charge in [0.2, 0.25) is 5.95 Å². The average Bonchev–Trinajstić information content (AvgIpc) is 3.34. The highest BCUT2D eigenvalue weighted by Crippen LogP contribution is 2.33. The molecule has 2 aromatic heterocycles. The molecule has 1 aliphatic rings. The van der Waals surface area contributed by atoms with Crippen molar-refractivity contribution < 1.29 is 32.6 Å². The fraction of sp³-hybridized carbons (Fsp3) is 0.296. The Kier molecular flexibility index (Phi) is 8.21. The maximum atomic E-state index is 12.5. The number of rotatable bonds is 5. The standard InChI is InChI=1S/C25H26N6O2.C2HF3O2/c1-14(2)12-28-24(32)16-4-6-22-17(9-16)10-18(13-33-22)23-29-20-5-3-15(11-21(20)30-23)19-7-8-27-25(26)31-19;3-2(4,5)1(6)7/h3-9,11,14,18H,10,12-13H2,1-2H3,(H,28,32)(H,29,30)(H2,26,27,31);(H,6,7). The second-order valence-electron chi connectivity index (χ2n) is 9.60. The smallest absolute Gasteiger partial charge is 0.490 e. The molecule has 40 heavy (non-hydrogen) atoms. The van der Waals surface area contributed by atoms with Gasteiger partial charge in [0.05, 0.1) is 29.3 Å². The number of carboxylic acids is 1. The van der Waals surface area contributed by atoms with Crippen LogP contribution in [0, 0.1) is 5.92 Å². The summed E-state index contributed by atoms with van der Waals surface area (Å²) in [6.07, 6.45) is -2.69. The third kappa shape index (κ3) is 6.84. The van der Waals surface area contributed by atoms with Crippen molar-refractivity contribution >= 4 is 28.9 Å².